The highest BCUT2D eigenvalue weighted by Gasteiger charge is 2.51. The monoisotopic (exact) mass is 458 g/mol. The van der Waals surface area contributed by atoms with Crippen LogP contribution in [-0.4, -0.2) is 145 Å². The summed E-state index contributed by atoms with van der Waals surface area (Å²) < 4.78 is 25.9. The molecule has 0 bridgehead atoms. The minimum Gasteiger partial charge on any atom is -0.479 e. The van der Waals surface area contributed by atoms with E-state index >= 15 is 0 Å². The Balaban J connectivity index is 1.75. The van der Waals surface area contributed by atoms with E-state index in [4.69, 9.17) is 28.8 Å². The van der Waals surface area contributed by atoms with Gasteiger partial charge in [-0.1, -0.05) is 0 Å². The highest BCUT2D eigenvalue weighted by molar-refractivity contribution is 5.73. The number of carboxylic acids is 1. The molecule has 3 aliphatic heterocycles. The van der Waals surface area contributed by atoms with Crippen LogP contribution in [0.25, 0.3) is 0 Å². The van der Waals surface area contributed by atoms with Gasteiger partial charge in [-0.25, -0.2) is 4.79 Å². The zero-order valence-electron chi connectivity index (χ0n) is 15.9. The van der Waals surface area contributed by atoms with Crippen molar-refractivity contribution in [3.05, 3.63) is 0 Å². The van der Waals surface area contributed by atoms with Crippen LogP contribution in [0, 0.1) is 0 Å². The maximum atomic E-state index is 11.2. The van der Waals surface area contributed by atoms with Crippen molar-refractivity contribution in [2.75, 3.05) is 13.2 Å². The van der Waals surface area contributed by atoms with E-state index in [1.54, 1.807) is 0 Å². The fourth-order valence-corrected chi connectivity index (χ4v) is 3.44. The molecule has 1 unspecified atom stereocenters. The van der Waals surface area contributed by atoms with E-state index < -0.39 is 92.5 Å². The average molecular weight is 458 g/mol. The van der Waals surface area contributed by atoms with Crippen LogP contribution in [0.3, 0.4) is 0 Å². The smallest absolute Gasteiger partial charge is 0.335 e. The van der Waals surface area contributed by atoms with E-state index in [-0.39, 0.29) is 6.61 Å². The van der Waals surface area contributed by atoms with Crippen LogP contribution >= 0.6 is 0 Å². The van der Waals surface area contributed by atoms with Gasteiger partial charge in [-0.3, -0.25) is 0 Å². The summed E-state index contributed by atoms with van der Waals surface area (Å²) in [6.07, 6.45) is -22.4. The number of carbonyl (C=O) groups is 1. The third-order valence-corrected chi connectivity index (χ3v) is 5.29. The molecule has 0 saturated carbocycles. The van der Waals surface area contributed by atoms with E-state index in [2.05, 4.69) is 0 Å². The number of hydrogen-bond donors (Lipinski definition) is 9. The van der Waals surface area contributed by atoms with E-state index in [1.165, 1.54) is 0 Å². The summed E-state index contributed by atoms with van der Waals surface area (Å²) >= 11 is 0. The summed E-state index contributed by atoms with van der Waals surface area (Å²) in [5.74, 6) is -1.65. The summed E-state index contributed by atoms with van der Waals surface area (Å²) in [6, 6.07) is 0. The zero-order chi connectivity index (χ0) is 23.0. The maximum absolute atomic E-state index is 11.2. The predicted octanol–water partition coefficient (Wildman–Crippen LogP) is -6.20. The third-order valence-electron chi connectivity index (χ3n) is 5.29. The van der Waals surface area contributed by atoms with Crippen molar-refractivity contribution in [1.82, 2.24) is 0 Å². The average Bonchev–Trinajstić information content (AvgIpc) is 2.73. The van der Waals surface area contributed by atoms with Crippen LogP contribution in [-0.2, 0) is 28.5 Å². The van der Waals surface area contributed by atoms with E-state index in [0.29, 0.717) is 0 Å². The Morgan fingerprint density at radius 1 is 0.710 bits per heavy atom. The molecule has 0 aliphatic carbocycles. The topological polar surface area (TPSA) is 245 Å². The van der Waals surface area contributed by atoms with Crippen molar-refractivity contribution < 1.29 is 74.4 Å². The highest BCUT2D eigenvalue weighted by atomic mass is 16.7. The minimum atomic E-state index is -1.97. The highest BCUT2D eigenvalue weighted by Crippen LogP contribution is 2.29. The van der Waals surface area contributed by atoms with Crippen molar-refractivity contribution in [1.29, 1.82) is 0 Å². The lowest BCUT2D eigenvalue weighted by Crippen LogP contribution is -2.64. The van der Waals surface area contributed by atoms with Crippen molar-refractivity contribution in [2.45, 2.75) is 79.9 Å². The molecule has 13 atom stereocenters. The van der Waals surface area contributed by atoms with Gasteiger partial charge in [0, 0.05) is 0 Å². The van der Waals surface area contributed by atoms with Gasteiger partial charge in [0.25, 0.3) is 0 Å². The number of carboxylic acid groups (broad SMARTS) is 1. The molecule has 0 amide bonds. The number of aliphatic carboxylic acids is 1. The number of ether oxygens (including phenoxy) is 5. The standard InChI is InChI=1S/C16H26O15/c17-3-1-28-15(8(21)5(3)18)29-4-2-27-14(26)10(23)11(4)30-16-9(22)6(19)7(20)12(31-16)13(24)25/h3-12,14-23,26H,1-2H2,(H,24,25)/t3-,4-,5+,6+,7+,8-,9-,10-,11+,12+,14?,15+,16-/m1/s1. The minimum absolute atomic E-state index is 0.387. The SMILES string of the molecule is O=C(O)[C@H]1O[C@@H](O[C@H]2[C@H](O[C@@H]3OC[C@@H](O)[C@H](O)[C@H]3O)COC(O)[C@@H]2O)[C@H](O)[C@@H](O)[C@@H]1O. The Hall–Kier alpha value is -1.05. The van der Waals surface area contributed by atoms with Crippen molar-refractivity contribution in [3.63, 3.8) is 0 Å². The van der Waals surface area contributed by atoms with Crippen molar-refractivity contribution in [3.8, 4) is 0 Å². The first-order chi connectivity index (χ1) is 14.5. The lowest BCUT2D eigenvalue weighted by molar-refractivity contribution is -0.362. The second-order valence-electron chi connectivity index (χ2n) is 7.48. The first-order valence-electron chi connectivity index (χ1n) is 9.39. The molecule has 15 heteroatoms. The first-order valence-corrected chi connectivity index (χ1v) is 9.39. The molecular weight excluding hydrogens is 432 g/mol. The number of hydrogen-bond acceptors (Lipinski definition) is 14. The van der Waals surface area contributed by atoms with Crippen LogP contribution in [0.15, 0.2) is 0 Å². The fraction of sp³-hybridized carbons (Fsp3) is 0.938. The van der Waals surface area contributed by atoms with Crippen molar-refractivity contribution >= 4 is 5.97 Å². The molecule has 3 heterocycles. The number of rotatable bonds is 5. The molecule has 3 fully saturated rings. The lowest BCUT2D eigenvalue weighted by Gasteiger charge is -2.45. The molecule has 0 spiro atoms. The Kier molecular flexibility index (Phi) is 7.80. The quantitative estimate of drug-likeness (QED) is 0.186. The Bertz CT molecular complexity index is 620. The van der Waals surface area contributed by atoms with E-state index in [9.17, 15) is 45.6 Å². The second kappa shape index (κ2) is 9.84. The lowest BCUT2D eigenvalue weighted by atomic mass is 9.98. The molecule has 3 rings (SSSR count). The van der Waals surface area contributed by atoms with Gasteiger partial charge in [0.15, 0.2) is 25.0 Å². The van der Waals surface area contributed by atoms with Gasteiger partial charge in [0.1, 0.15) is 54.9 Å². The van der Waals surface area contributed by atoms with E-state index in [0.717, 1.165) is 0 Å². The molecule has 15 nitrogen and oxygen atoms in total. The molecule has 9 N–H and O–H groups in total. The molecule has 31 heavy (non-hydrogen) atoms. The molecular formula is C16H26O15. The Labute approximate surface area is 174 Å². The zero-order valence-corrected chi connectivity index (χ0v) is 15.9. The third kappa shape index (κ3) is 4.98. The normalized spacial score (nSPS) is 51.4. The summed E-state index contributed by atoms with van der Waals surface area (Å²) in [5.41, 5.74) is 0. The Morgan fingerprint density at radius 2 is 1.35 bits per heavy atom. The second-order valence-corrected chi connectivity index (χ2v) is 7.48. The summed E-state index contributed by atoms with van der Waals surface area (Å²) in [5, 5.41) is 88.2. The van der Waals surface area contributed by atoms with Crippen LogP contribution in [0.2, 0.25) is 0 Å². The van der Waals surface area contributed by atoms with Crippen molar-refractivity contribution in [2.24, 2.45) is 0 Å². The predicted molar refractivity (Wildman–Crippen MR) is 89.8 cm³/mol. The molecule has 0 aromatic heterocycles. The molecule has 3 saturated heterocycles. The van der Waals surface area contributed by atoms with Gasteiger partial charge in [-0.05, 0) is 0 Å². The molecule has 0 radical (unpaired) electrons. The van der Waals surface area contributed by atoms with Gasteiger partial charge >= 0.3 is 5.97 Å². The van der Waals surface area contributed by atoms with Gasteiger partial charge in [0.2, 0.25) is 0 Å². The summed E-state index contributed by atoms with van der Waals surface area (Å²) in [6.45, 7) is -0.827. The maximum Gasteiger partial charge on any atom is 0.335 e. The van der Waals surface area contributed by atoms with Gasteiger partial charge in [-0.2, -0.15) is 0 Å². The first kappa shape index (κ1) is 24.6. The number of aliphatic hydroxyl groups excluding tert-OH is 8. The van der Waals surface area contributed by atoms with Gasteiger partial charge < -0.3 is 69.6 Å². The van der Waals surface area contributed by atoms with Gasteiger partial charge in [-0.15, -0.1) is 0 Å². The summed E-state index contributed by atoms with van der Waals surface area (Å²) in [4.78, 5) is 11.2. The van der Waals surface area contributed by atoms with Crippen LogP contribution in [0.1, 0.15) is 0 Å². The summed E-state index contributed by atoms with van der Waals surface area (Å²) in [7, 11) is 0. The fourth-order valence-electron chi connectivity index (χ4n) is 3.44. The van der Waals surface area contributed by atoms with Crippen LogP contribution < -0.4 is 0 Å². The number of aliphatic hydroxyl groups is 8. The molecule has 180 valence electrons. The van der Waals surface area contributed by atoms with Crippen LogP contribution in [0.5, 0.6) is 0 Å². The molecule has 0 aromatic carbocycles. The van der Waals surface area contributed by atoms with E-state index in [1.807, 2.05) is 0 Å². The molecule has 0 aromatic rings. The molecule has 3 aliphatic rings. The van der Waals surface area contributed by atoms with Crippen LogP contribution in [0.4, 0.5) is 0 Å². The van der Waals surface area contributed by atoms with Gasteiger partial charge in [0.05, 0.1) is 13.2 Å². The Morgan fingerprint density at radius 3 is 2.00 bits per heavy atom. The largest absolute Gasteiger partial charge is 0.479 e.